The van der Waals surface area contributed by atoms with Crippen LogP contribution in [0.4, 0.5) is 10.1 Å². The van der Waals surface area contributed by atoms with Crippen LogP contribution in [0.3, 0.4) is 0 Å². The van der Waals surface area contributed by atoms with E-state index in [1.807, 2.05) is 0 Å². The SMILES string of the molecule is CCOC(=O)c1ccc(NC(=O)CSc2nccn2-c2ccc(F)cc2)cc1. The van der Waals surface area contributed by atoms with E-state index in [2.05, 4.69) is 10.3 Å². The zero-order chi connectivity index (χ0) is 19.9. The van der Waals surface area contributed by atoms with Crippen LogP contribution in [0, 0.1) is 5.82 Å². The summed E-state index contributed by atoms with van der Waals surface area (Å²) in [7, 11) is 0. The molecule has 0 spiro atoms. The highest BCUT2D eigenvalue weighted by Crippen LogP contribution is 2.21. The molecule has 0 fully saturated rings. The topological polar surface area (TPSA) is 73.2 Å². The quantitative estimate of drug-likeness (QED) is 0.482. The van der Waals surface area contributed by atoms with Gasteiger partial charge in [0, 0.05) is 23.8 Å². The summed E-state index contributed by atoms with van der Waals surface area (Å²) in [4.78, 5) is 28.1. The number of hydrogen-bond acceptors (Lipinski definition) is 5. The highest BCUT2D eigenvalue weighted by Gasteiger charge is 2.11. The number of halogens is 1. The van der Waals surface area contributed by atoms with Gasteiger partial charge in [0.25, 0.3) is 0 Å². The number of carbonyl (C=O) groups excluding carboxylic acids is 2. The van der Waals surface area contributed by atoms with E-state index in [9.17, 15) is 14.0 Å². The molecule has 28 heavy (non-hydrogen) atoms. The lowest BCUT2D eigenvalue weighted by Crippen LogP contribution is -2.14. The summed E-state index contributed by atoms with van der Waals surface area (Å²) in [6.45, 7) is 2.05. The van der Waals surface area contributed by atoms with Gasteiger partial charge < -0.3 is 10.1 Å². The molecule has 1 heterocycles. The Balaban J connectivity index is 1.57. The molecule has 3 rings (SSSR count). The van der Waals surface area contributed by atoms with Crippen LogP contribution in [0.25, 0.3) is 5.69 Å². The van der Waals surface area contributed by atoms with Crippen molar-refractivity contribution in [3.8, 4) is 5.69 Å². The first-order valence-corrected chi connectivity index (χ1v) is 9.54. The number of carbonyl (C=O) groups is 2. The number of amides is 1. The number of aromatic nitrogens is 2. The number of thioether (sulfide) groups is 1. The molecule has 0 atom stereocenters. The van der Waals surface area contributed by atoms with Gasteiger partial charge in [-0.15, -0.1) is 0 Å². The first kappa shape index (κ1) is 19.6. The maximum Gasteiger partial charge on any atom is 0.338 e. The zero-order valence-electron chi connectivity index (χ0n) is 15.1. The molecule has 1 aromatic heterocycles. The fourth-order valence-electron chi connectivity index (χ4n) is 2.43. The van der Waals surface area contributed by atoms with E-state index in [0.29, 0.717) is 23.0 Å². The summed E-state index contributed by atoms with van der Waals surface area (Å²) in [5.74, 6) is -0.768. The van der Waals surface area contributed by atoms with Crippen LogP contribution in [0.2, 0.25) is 0 Å². The van der Waals surface area contributed by atoms with Crippen molar-refractivity contribution in [3.05, 3.63) is 72.3 Å². The minimum absolute atomic E-state index is 0.151. The summed E-state index contributed by atoms with van der Waals surface area (Å²) < 4.78 is 19.8. The van der Waals surface area contributed by atoms with E-state index >= 15 is 0 Å². The molecule has 1 N–H and O–H groups in total. The number of nitrogens with one attached hydrogen (secondary N) is 1. The number of rotatable bonds is 7. The molecule has 0 radical (unpaired) electrons. The number of hydrogen-bond donors (Lipinski definition) is 1. The molecule has 0 aliphatic carbocycles. The summed E-state index contributed by atoms with van der Waals surface area (Å²) in [5.41, 5.74) is 1.77. The van der Waals surface area contributed by atoms with Gasteiger partial charge in [-0.1, -0.05) is 11.8 Å². The van der Waals surface area contributed by atoms with Crippen molar-refractivity contribution in [2.75, 3.05) is 17.7 Å². The third-order valence-electron chi connectivity index (χ3n) is 3.72. The van der Waals surface area contributed by atoms with E-state index in [1.165, 1.54) is 23.9 Å². The lowest BCUT2D eigenvalue weighted by atomic mass is 10.2. The van der Waals surface area contributed by atoms with Crippen molar-refractivity contribution in [3.63, 3.8) is 0 Å². The average molecular weight is 399 g/mol. The Bertz CT molecular complexity index is 956. The Labute approximate surface area is 165 Å². The van der Waals surface area contributed by atoms with Crippen molar-refractivity contribution in [2.45, 2.75) is 12.1 Å². The van der Waals surface area contributed by atoms with Gasteiger partial charge in [-0.3, -0.25) is 9.36 Å². The molecule has 0 saturated carbocycles. The van der Waals surface area contributed by atoms with Crippen molar-refractivity contribution < 1.29 is 18.7 Å². The Kier molecular flexibility index (Phi) is 6.44. The van der Waals surface area contributed by atoms with E-state index < -0.39 is 5.97 Å². The minimum Gasteiger partial charge on any atom is -0.462 e. The Morgan fingerprint density at radius 1 is 1.14 bits per heavy atom. The smallest absolute Gasteiger partial charge is 0.338 e. The summed E-state index contributed by atoms with van der Waals surface area (Å²) >= 11 is 1.27. The van der Waals surface area contributed by atoms with Gasteiger partial charge in [-0.25, -0.2) is 14.2 Å². The minimum atomic E-state index is -0.399. The number of benzene rings is 2. The Hall–Kier alpha value is -3.13. The van der Waals surface area contributed by atoms with E-state index in [0.717, 1.165) is 5.69 Å². The molecule has 0 unspecified atom stereocenters. The highest BCUT2D eigenvalue weighted by atomic mass is 32.2. The fourth-order valence-corrected chi connectivity index (χ4v) is 3.20. The fraction of sp³-hybridized carbons (Fsp3) is 0.150. The maximum absolute atomic E-state index is 13.1. The van der Waals surface area contributed by atoms with Gasteiger partial charge in [-0.2, -0.15) is 0 Å². The van der Waals surface area contributed by atoms with Gasteiger partial charge >= 0.3 is 5.97 Å². The first-order valence-electron chi connectivity index (χ1n) is 8.56. The molecule has 8 heteroatoms. The third kappa shape index (κ3) is 4.98. The second-order valence-electron chi connectivity index (χ2n) is 5.69. The lowest BCUT2D eigenvalue weighted by Gasteiger charge is -2.08. The maximum atomic E-state index is 13.1. The Morgan fingerprint density at radius 2 is 1.86 bits per heavy atom. The van der Waals surface area contributed by atoms with Gasteiger partial charge in [0.1, 0.15) is 5.82 Å². The molecule has 1 amide bonds. The van der Waals surface area contributed by atoms with Crippen LogP contribution in [0.15, 0.2) is 66.1 Å². The Morgan fingerprint density at radius 3 is 2.54 bits per heavy atom. The number of imidazole rings is 1. The molecule has 3 aromatic rings. The van der Waals surface area contributed by atoms with Crippen LogP contribution < -0.4 is 5.32 Å². The van der Waals surface area contributed by atoms with Crippen LogP contribution in [0.1, 0.15) is 17.3 Å². The molecule has 0 aliphatic heterocycles. The average Bonchev–Trinajstić information content (AvgIpc) is 3.16. The van der Waals surface area contributed by atoms with Crippen LogP contribution >= 0.6 is 11.8 Å². The summed E-state index contributed by atoms with van der Waals surface area (Å²) in [6, 6.07) is 12.5. The third-order valence-corrected chi connectivity index (χ3v) is 4.69. The lowest BCUT2D eigenvalue weighted by molar-refractivity contribution is -0.113. The zero-order valence-corrected chi connectivity index (χ0v) is 15.9. The number of nitrogens with zero attached hydrogens (tertiary/aromatic N) is 2. The second-order valence-corrected chi connectivity index (χ2v) is 6.63. The van der Waals surface area contributed by atoms with Gasteiger partial charge in [0.05, 0.1) is 17.9 Å². The molecular weight excluding hydrogens is 381 g/mol. The molecule has 144 valence electrons. The standard InChI is InChI=1S/C20H18FN3O3S/c1-2-27-19(26)14-3-7-16(8-4-14)23-18(25)13-28-20-22-11-12-24(20)17-9-5-15(21)6-10-17/h3-12H,2,13H2,1H3,(H,23,25). The van der Waals surface area contributed by atoms with E-state index in [4.69, 9.17) is 4.74 Å². The van der Waals surface area contributed by atoms with Gasteiger partial charge in [0.15, 0.2) is 5.16 Å². The van der Waals surface area contributed by atoms with Gasteiger partial charge in [0.2, 0.25) is 5.91 Å². The molecule has 0 saturated heterocycles. The van der Waals surface area contributed by atoms with Crippen molar-refractivity contribution in [2.24, 2.45) is 0 Å². The van der Waals surface area contributed by atoms with Crippen LogP contribution in [-0.2, 0) is 9.53 Å². The first-order chi connectivity index (χ1) is 13.6. The van der Waals surface area contributed by atoms with Crippen LogP contribution in [-0.4, -0.2) is 33.8 Å². The molecule has 2 aromatic carbocycles. The highest BCUT2D eigenvalue weighted by molar-refractivity contribution is 7.99. The normalized spacial score (nSPS) is 10.5. The van der Waals surface area contributed by atoms with E-state index in [-0.39, 0.29) is 17.5 Å². The number of esters is 1. The van der Waals surface area contributed by atoms with Crippen molar-refractivity contribution in [1.29, 1.82) is 0 Å². The van der Waals surface area contributed by atoms with Crippen molar-refractivity contribution in [1.82, 2.24) is 9.55 Å². The van der Waals surface area contributed by atoms with Gasteiger partial charge in [-0.05, 0) is 55.5 Å². The predicted octanol–water partition coefficient (Wildman–Crippen LogP) is 3.92. The number of ether oxygens (including phenoxy) is 1. The molecule has 6 nitrogen and oxygen atoms in total. The second kappa shape index (κ2) is 9.18. The van der Waals surface area contributed by atoms with Crippen molar-refractivity contribution >= 4 is 29.3 Å². The van der Waals surface area contributed by atoms with E-state index in [1.54, 1.807) is 60.3 Å². The summed E-state index contributed by atoms with van der Waals surface area (Å²) in [5, 5.41) is 3.40. The number of anilines is 1. The monoisotopic (exact) mass is 399 g/mol. The summed E-state index contributed by atoms with van der Waals surface area (Å²) in [6.07, 6.45) is 3.37. The molecular formula is C20H18FN3O3S. The largest absolute Gasteiger partial charge is 0.462 e. The molecule has 0 bridgehead atoms. The van der Waals surface area contributed by atoms with Crippen LogP contribution in [0.5, 0.6) is 0 Å². The predicted molar refractivity (Wildman–Crippen MR) is 105 cm³/mol. The molecule has 0 aliphatic rings.